The first kappa shape index (κ1) is 12.6. The van der Waals surface area contributed by atoms with Crippen LogP contribution in [0.2, 0.25) is 31.7 Å². The third-order valence-corrected chi connectivity index (χ3v) is 9.27. The summed E-state index contributed by atoms with van der Waals surface area (Å²) in [4.78, 5) is 0. The second kappa shape index (κ2) is 4.75. The molecule has 0 rings (SSSR count). The van der Waals surface area contributed by atoms with Crippen molar-refractivity contribution >= 4 is 54.7 Å². The summed E-state index contributed by atoms with van der Waals surface area (Å²) in [5.41, 5.74) is 2.21. The Hall–Kier alpha value is 1.63. The van der Waals surface area contributed by atoms with Crippen molar-refractivity contribution < 1.29 is 0 Å². The van der Waals surface area contributed by atoms with Crippen molar-refractivity contribution in [3.63, 3.8) is 0 Å². The van der Waals surface area contributed by atoms with E-state index in [-0.39, 0.29) is 0 Å². The Morgan fingerprint density at radius 1 is 1.18 bits per heavy atom. The van der Waals surface area contributed by atoms with Gasteiger partial charge in [-0.05, 0) is 6.04 Å². The van der Waals surface area contributed by atoms with Crippen LogP contribution in [-0.4, -0.2) is 11.1 Å². The maximum Gasteiger partial charge on any atom is 0.188 e. The first-order valence-corrected chi connectivity index (χ1v) is 16.0. The zero-order chi connectivity index (χ0) is 9.12. The smallest absolute Gasteiger partial charge is 0.107 e. The van der Waals surface area contributed by atoms with Crippen molar-refractivity contribution in [2.75, 3.05) is 0 Å². The molecule has 4 heteroatoms. The van der Waals surface area contributed by atoms with E-state index in [2.05, 4.69) is 75.5 Å². The quantitative estimate of drug-likeness (QED) is 0.367. The summed E-state index contributed by atoms with van der Waals surface area (Å²) < 4.78 is -0.856. The maximum atomic E-state index is 3.91. The van der Waals surface area contributed by atoms with Gasteiger partial charge in [0.1, 0.15) is 0 Å². The minimum atomic E-state index is -0.998. The van der Waals surface area contributed by atoms with Crippen LogP contribution in [0, 0.1) is 0 Å². The molecule has 0 atom stereocenters. The second-order valence-electron chi connectivity index (χ2n) is 3.76. The molecular formula is C7H16I2Si2. The van der Waals surface area contributed by atoms with Crippen LogP contribution < -0.4 is 0 Å². The molecule has 0 radical (unpaired) electrons. The summed E-state index contributed by atoms with van der Waals surface area (Å²) in [5, 5.41) is 0. The number of hydrogen-bond donors (Lipinski definition) is 0. The molecule has 0 aliphatic rings. The van der Waals surface area contributed by atoms with Crippen molar-refractivity contribution in [1.82, 2.24) is 0 Å². The molecule has 0 aromatic rings. The van der Waals surface area contributed by atoms with Crippen LogP contribution in [0.3, 0.4) is 0 Å². The van der Waals surface area contributed by atoms with Gasteiger partial charge in [0.05, 0.1) is 8.07 Å². The summed E-state index contributed by atoms with van der Waals surface area (Å²) in [6, 6.07) is 2.87. The van der Waals surface area contributed by atoms with Gasteiger partial charge in [0, 0.05) is 0 Å². The molecule has 0 aliphatic carbocycles. The lowest BCUT2D eigenvalue weighted by Crippen LogP contribution is -2.25. The summed E-state index contributed by atoms with van der Waals surface area (Å²) in [6.07, 6.45) is 0. The molecular weight excluding hydrogens is 394 g/mol. The Morgan fingerprint density at radius 3 is 1.91 bits per heavy atom. The van der Waals surface area contributed by atoms with Gasteiger partial charge < -0.3 is 0 Å². The number of halogens is 2. The largest absolute Gasteiger partial charge is 0.188 e. The van der Waals surface area contributed by atoms with Gasteiger partial charge in [0.15, 0.2) is 3.07 Å². The molecule has 11 heavy (non-hydrogen) atoms. The van der Waals surface area contributed by atoms with Gasteiger partial charge >= 0.3 is 0 Å². The van der Waals surface area contributed by atoms with E-state index < -0.39 is 11.1 Å². The van der Waals surface area contributed by atoms with E-state index in [4.69, 9.17) is 0 Å². The maximum absolute atomic E-state index is 3.91. The highest BCUT2D eigenvalue weighted by Gasteiger charge is 2.24. The topological polar surface area (TPSA) is 0 Å². The average molecular weight is 410 g/mol. The van der Waals surface area contributed by atoms with Crippen molar-refractivity contribution in [3.8, 4) is 0 Å². The molecule has 0 saturated heterocycles. The van der Waals surface area contributed by atoms with Crippen molar-refractivity contribution in [2.24, 2.45) is 0 Å². The normalized spacial score (nSPS) is 13.2. The van der Waals surface area contributed by atoms with Crippen LogP contribution in [0.15, 0.2) is 12.3 Å². The van der Waals surface area contributed by atoms with E-state index in [0.29, 0.717) is 0 Å². The fourth-order valence-electron chi connectivity index (χ4n) is 0.644. The van der Waals surface area contributed by atoms with E-state index in [1.807, 2.05) is 0 Å². The van der Waals surface area contributed by atoms with Crippen LogP contribution >= 0.6 is 43.6 Å². The lowest BCUT2D eigenvalue weighted by atomic mass is 10.9. The Labute approximate surface area is 97.7 Å². The Kier molecular flexibility index (Phi) is 5.46. The summed E-state index contributed by atoms with van der Waals surface area (Å²) >= 11 is 5.29. The Balaban J connectivity index is 3.79. The molecule has 66 valence electrons. The van der Waals surface area contributed by atoms with Gasteiger partial charge in [-0.1, -0.05) is 25.7 Å². The van der Waals surface area contributed by atoms with Crippen molar-refractivity contribution in [2.45, 2.75) is 31.7 Å². The molecule has 0 bridgehead atoms. The number of hydrogen-bond acceptors (Lipinski definition) is 0. The first-order chi connectivity index (χ1) is 4.77. The van der Waals surface area contributed by atoms with E-state index >= 15 is 0 Å². The molecule has 0 saturated carbocycles. The molecule has 0 spiro atoms. The second-order valence-corrected chi connectivity index (χ2v) is 31.8. The standard InChI is InChI=1S/C7H16I2Si2/c1-5-10(2,3)6-7-11(4,8)9/h5H,1,6-7H2,2-4H3. The van der Waals surface area contributed by atoms with E-state index in [1.54, 1.807) is 0 Å². The molecule has 0 heterocycles. The minimum Gasteiger partial charge on any atom is -0.107 e. The molecule has 0 nitrogen and oxygen atoms in total. The van der Waals surface area contributed by atoms with Crippen LogP contribution in [-0.2, 0) is 0 Å². The molecule has 0 fully saturated rings. The molecule has 0 amide bonds. The zero-order valence-electron chi connectivity index (χ0n) is 7.45. The van der Waals surface area contributed by atoms with Crippen molar-refractivity contribution in [1.29, 1.82) is 0 Å². The summed E-state index contributed by atoms with van der Waals surface area (Å²) in [7, 11) is -0.998. The first-order valence-electron chi connectivity index (χ1n) is 3.78. The Bertz CT molecular complexity index is 138. The van der Waals surface area contributed by atoms with Gasteiger partial charge in [-0.3, -0.25) is 0 Å². The third kappa shape index (κ3) is 7.98. The lowest BCUT2D eigenvalue weighted by molar-refractivity contribution is 1.34. The average Bonchev–Trinajstić information content (AvgIpc) is 1.83. The van der Waals surface area contributed by atoms with Crippen LogP contribution in [0.1, 0.15) is 0 Å². The SMILES string of the molecule is C=C[Si](C)(C)CC[Si](C)(I)I. The van der Waals surface area contributed by atoms with E-state index in [1.165, 1.54) is 12.1 Å². The van der Waals surface area contributed by atoms with Crippen LogP contribution in [0.5, 0.6) is 0 Å². The van der Waals surface area contributed by atoms with Gasteiger partial charge in [-0.25, -0.2) is 0 Å². The molecule has 0 unspecified atom stereocenters. The van der Waals surface area contributed by atoms with Gasteiger partial charge in [0.2, 0.25) is 0 Å². The fourth-order valence-corrected chi connectivity index (χ4v) is 10.0. The van der Waals surface area contributed by atoms with E-state index in [9.17, 15) is 0 Å². The third-order valence-electron chi connectivity index (χ3n) is 1.76. The monoisotopic (exact) mass is 410 g/mol. The lowest BCUT2D eigenvalue weighted by Gasteiger charge is -2.20. The van der Waals surface area contributed by atoms with Crippen molar-refractivity contribution in [3.05, 3.63) is 12.3 Å². The fraction of sp³-hybridized carbons (Fsp3) is 0.714. The molecule has 0 N–H and O–H groups in total. The Morgan fingerprint density at radius 2 is 1.64 bits per heavy atom. The highest BCUT2D eigenvalue weighted by atomic mass is 127. The highest BCUT2D eigenvalue weighted by Crippen LogP contribution is 2.30. The predicted molar refractivity (Wildman–Crippen MR) is 77.0 cm³/mol. The zero-order valence-corrected chi connectivity index (χ0v) is 13.8. The molecule has 0 aliphatic heterocycles. The van der Waals surface area contributed by atoms with E-state index in [0.717, 1.165) is 0 Å². The van der Waals surface area contributed by atoms with Crippen LogP contribution in [0.25, 0.3) is 0 Å². The van der Waals surface area contributed by atoms with Crippen LogP contribution in [0.4, 0.5) is 0 Å². The predicted octanol–water partition coefficient (Wildman–Crippen LogP) is 4.36. The minimum absolute atomic E-state index is 0.856. The van der Waals surface area contributed by atoms with Gasteiger partial charge in [-0.2, -0.15) is 0 Å². The molecule has 0 aromatic carbocycles. The molecule has 0 aromatic heterocycles. The number of rotatable bonds is 4. The van der Waals surface area contributed by atoms with Gasteiger partial charge in [0.25, 0.3) is 0 Å². The summed E-state index contributed by atoms with van der Waals surface area (Å²) in [5.74, 6) is 0. The summed E-state index contributed by atoms with van der Waals surface area (Å²) in [6.45, 7) is 11.1. The highest BCUT2D eigenvalue weighted by molar-refractivity contribution is 14.3. The van der Waals surface area contributed by atoms with Gasteiger partial charge in [-0.15, -0.1) is 55.9 Å².